The summed E-state index contributed by atoms with van der Waals surface area (Å²) in [7, 11) is 0. The van der Waals surface area contributed by atoms with E-state index in [1.165, 1.54) is 6.07 Å². The lowest BCUT2D eigenvalue weighted by atomic mass is 10.2. The van der Waals surface area contributed by atoms with Gasteiger partial charge in [-0.2, -0.15) is 0 Å². The third-order valence-corrected chi connectivity index (χ3v) is 4.46. The van der Waals surface area contributed by atoms with E-state index in [1.807, 2.05) is 35.2 Å². The maximum Gasteiger partial charge on any atom is 0.238 e. The molecule has 0 unspecified atom stereocenters. The second kappa shape index (κ2) is 9.43. The molecule has 1 amide bonds. The predicted molar refractivity (Wildman–Crippen MR) is 99.8 cm³/mol. The molecule has 1 fully saturated rings. The van der Waals surface area contributed by atoms with E-state index < -0.39 is 11.6 Å². The molecule has 1 saturated heterocycles. The highest BCUT2D eigenvalue weighted by Gasteiger charge is 2.19. The highest BCUT2D eigenvalue weighted by molar-refractivity contribution is 5.92. The number of amides is 1. The molecule has 1 aliphatic rings. The van der Waals surface area contributed by atoms with Gasteiger partial charge in [0, 0.05) is 38.8 Å². The van der Waals surface area contributed by atoms with Gasteiger partial charge in [0.05, 0.1) is 12.2 Å². The first-order valence-corrected chi connectivity index (χ1v) is 8.97. The number of hydrogen-bond donors (Lipinski definition) is 1. The molecule has 0 spiro atoms. The van der Waals surface area contributed by atoms with Crippen LogP contribution in [0.2, 0.25) is 0 Å². The van der Waals surface area contributed by atoms with E-state index in [4.69, 9.17) is 4.74 Å². The highest BCUT2D eigenvalue weighted by Crippen LogP contribution is 2.15. The zero-order valence-corrected chi connectivity index (χ0v) is 15.0. The van der Waals surface area contributed by atoms with Crippen LogP contribution in [-0.4, -0.2) is 61.6 Å². The Morgan fingerprint density at radius 1 is 1.00 bits per heavy atom. The number of halogens is 2. The largest absolute Gasteiger partial charge is 0.492 e. The topological polar surface area (TPSA) is 44.8 Å². The van der Waals surface area contributed by atoms with Crippen LogP contribution >= 0.6 is 0 Å². The van der Waals surface area contributed by atoms with Gasteiger partial charge >= 0.3 is 0 Å². The fraction of sp³-hybridized carbons (Fsp3) is 0.350. The zero-order valence-electron chi connectivity index (χ0n) is 15.0. The number of nitrogens with zero attached hydrogens (tertiary/aromatic N) is 2. The van der Waals surface area contributed by atoms with Gasteiger partial charge in [-0.3, -0.25) is 14.6 Å². The quantitative estimate of drug-likeness (QED) is 0.808. The normalized spacial score (nSPS) is 15.5. The van der Waals surface area contributed by atoms with Crippen molar-refractivity contribution >= 4 is 11.6 Å². The lowest BCUT2D eigenvalue weighted by Crippen LogP contribution is -2.49. The number of carbonyl (C=O) groups excluding carboxylic acids is 1. The minimum atomic E-state index is -0.772. The van der Waals surface area contributed by atoms with Crippen molar-refractivity contribution in [2.75, 3.05) is 51.2 Å². The van der Waals surface area contributed by atoms with Crippen LogP contribution in [0, 0.1) is 11.6 Å². The number of rotatable bonds is 7. The van der Waals surface area contributed by atoms with E-state index in [-0.39, 0.29) is 18.1 Å². The monoisotopic (exact) mass is 375 g/mol. The van der Waals surface area contributed by atoms with E-state index in [0.29, 0.717) is 6.61 Å². The fourth-order valence-electron chi connectivity index (χ4n) is 2.96. The van der Waals surface area contributed by atoms with Crippen LogP contribution in [-0.2, 0) is 4.79 Å². The summed E-state index contributed by atoms with van der Waals surface area (Å²) < 4.78 is 32.2. The first kappa shape index (κ1) is 19.3. The minimum absolute atomic E-state index is 0.00176. The molecule has 144 valence electrons. The average molecular weight is 375 g/mol. The fourth-order valence-corrected chi connectivity index (χ4v) is 2.96. The van der Waals surface area contributed by atoms with Gasteiger partial charge < -0.3 is 10.1 Å². The molecular weight excluding hydrogens is 352 g/mol. The Morgan fingerprint density at radius 2 is 1.70 bits per heavy atom. The predicted octanol–water partition coefficient (Wildman–Crippen LogP) is 2.60. The second-order valence-corrected chi connectivity index (χ2v) is 6.45. The van der Waals surface area contributed by atoms with Crippen molar-refractivity contribution < 1.29 is 18.3 Å². The summed E-state index contributed by atoms with van der Waals surface area (Å²) in [5.74, 6) is -0.883. The Kier molecular flexibility index (Phi) is 6.73. The molecule has 3 rings (SSSR count). The van der Waals surface area contributed by atoms with Crippen LogP contribution in [0.5, 0.6) is 5.75 Å². The van der Waals surface area contributed by atoms with Gasteiger partial charge in [0.25, 0.3) is 0 Å². The molecule has 5 nitrogen and oxygen atoms in total. The maximum atomic E-state index is 13.6. The molecule has 0 atom stereocenters. The Labute approximate surface area is 157 Å². The Hall–Kier alpha value is -2.51. The summed E-state index contributed by atoms with van der Waals surface area (Å²) >= 11 is 0. The van der Waals surface area contributed by atoms with Crippen molar-refractivity contribution in [3.05, 3.63) is 60.2 Å². The number of carbonyl (C=O) groups is 1. The average Bonchev–Trinajstić information content (AvgIpc) is 2.66. The molecule has 0 aromatic heterocycles. The van der Waals surface area contributed by atoms with Crippen LogP contribution in [0.25, 0.3) is 0 Å². The van der Waals surface area contributed by atoms with E-state index in [1.54, 1.807) is 0 Å². The van der Waals surface area contributed by atoms with Crippen molar-refractivity contribution in [1.82, 2.24) is 9.80 Å². The lowest BCUT2D eigenvalue weighted by molar-refractivity contribution is -0.117. The number of benzene rings is 2. The van der Waals surface area contributed by atoms with Crippen LogP contribution in [0.15, 0.2) is 48.5 Å². The second-order valence-electron chi connectivity index (χ2n) is 6.45. The molecule has 0 aliphatic carbocycles. The van der Waals surface area contributed by atoms with Crippen molar-refractivity contribution in [1.29, 1.82) is 0 Å². The van der Waals surface area contributed by atoms with E-state index in [0.717, 1.165) is 50.6 Å². The van der Waals surface area contributed by atoms with Gasteiger partial charge in [-0.1, -0.05) is 18.2 Å². The molecule has 7 heteroatoms. The third kappa shape index (κ3) is 6.01. The van der Waals surface area contributed by atoms with Crippen LogP contribution < -0.4 is 10.1 Å². The molecule has 27 heavy (non-hydrogen) atoms. The molecular formula is C20H23F2N3O2. The summed E-state index contributed by atoms with van der Waals surface area (Å²) in [6, 6.07) is 12.8. The van der Waals surface area contributed by atoms with Crippen LogP contribution in [0.3, 0.4) is 0 Å². The molecule has 1 heterocycles. The molecule has 0 bridgehead atoms. The van der Waals surface area contributed by atoms with Gasteiger partial charge in [0.2, 0.25) is 5.91 Å². The molecule has 1 N–H and O–H groups in total. The van der Waals surface area contributed by atoms with Gasteiger partial charge in [-0.25, -0.2) is 8.78 Å². The van der Waals surface area contributed by atoms with Crippen LogP contribution in [0.4, 0.5) is 14.5 Å². The van der Waals surface area contributed by atoms with Crippen molar-refractivity contribution in [2.45, 2.75) is 0 Å². The SMILES string of the molecule is O=C(CN1CCN(CCOc2ccccc2)CC1)Nc1ccc(F)cc1F. The first-order valence-electron chi connectivity index (χ1n) is 8.97. The summed E-state index contributed by atoms with van der Waals surface area (Å²) in [6.07, 6.45) is 0. The zero-order chi connectivity index (χ0) is 19.1. The first-order chi connectivity index (χ1) is 13.1. The number of piperazine rings is 1. The summed E-state index contributed by atoms with van der Waals surface area (Å²) in [5, 5.41) is 2.49. The lowest BCUT2D eigenvalue weighted by Gasteiger charge is -2.34. The Morgan fingerprint density at radius 3 is 2.41 bits per heavy atom. The number of ether oxygens (including phenoxy) is 1. The van der Waals surface area contributed by atoms with Crippen molar-refractivity contribution in [2.24, 2.45) is 0 Å². The Balaban J connectivity index is 1.35. The van der Waals surface area contributed by atoms with Gasteiger partial charge in [0.1, 0.15) is 24.0 Å². The van der Waals surface area contributed by atoms with Gasteiger partial charge in [0.15, 0.2) is 0 Å². The highest BCUT2D eigenvalue weighted by atomic mass is 19.1. The summed E-state index contributed by atoms with van der Waals surface area (Å²) in [6.45, 7) is 4.83. The number of nitrogens with one attached hydrogen (secondary N) is 1. The number of anilines is 1. The molecule has 0 radical (unpaired) electrons. The van der Waals surface area contributed by atoms with E-state index in [9.17, 15) is 13.6 Å². The van der Waals surface area contributed by atoms with Crippen molar-refractivity contribution in [3.63, 3.8) is 0 Å². The summed E-state index contributed by atoms with van der Waals surface area (Å²) in [5.41, 5.74) is -0.00176. The summed E-state index contributed by atoms with van der Waals surface area (Å²) in [4.78, 5) is 16.4. The number of hydrogen-bond acceptors (Lipinski definition) is 4. The Bertz CT molecular complexity index is 750. The minimum Gasteiger partial charge on any atom is -0.492 e. The van der Waals surface area contributed by atoms with Gasteiger partial charge in [-0.15, -0.1) is 0 Å². The van der Waals surface area contributed by atoms with E-state index in [2.05, 4.69) is 10.2 Å². The smallest absolute Gasteiger partial charge is 0.238 e. The maximum absolute atomic E-state index is 13.6. The molecule has 2 aromatic rings. The third-order valence-electron chi connectivity index (χ3n) is 4.46. The molecule has 1 aliphatic heterocycles. The molecule has 0 saturated carbocycles. The van der Waals surface area contributed by atoms with E-state index >= 15 is 0 Å². The van der Waals surface area contributed by atoms with Crippen LogP contribution in [0.1, 0.15) is 0 Å². The number of para-hydroxylation sites is 1. The molecule has 2 aromatic carbocycles. The standard InChI is InChI=1S/C20H23F2N3O2/c21-16-6-7-19(18(22)14-16)23-20(26)15-25-10-8-24(9-11-25)12-13-27-17-4-2-1-3-5-17/h1-7,14H,8-13,15H2,(H,23,26). The van der Waals surface area contributed by atoms with Gasteiger partial charge in [-0.05, 0) is 24.3 Å². The van der Waals surface area contributed by atoms with Crippen molar-refractivity contribution in [3.8, 4) is 5.75 Å².